The topological polar surface area (TPSA) is 3.24 Å². The highest BCUT2D eigenvalue weighted by Crippen LogP contribution is 2.02. The van der Waals surface area contributed by atoms with Gasteiger partial charge in [-0.3, -0.25) is 0 Å². The lowest BCUT2D eigenvalue weighted by Crippen LogP contribution is -2.44. The lowest BCUT2D eigenvalue weighted by atomic mass is 11.6. The summed E-state index contributed by atoms with van der Waals surface area (Å²) in [4.78, 5) is 0. The monoisotopic (exact) mass is 147 g/mol. The standard InChI is InChI=1S/C5H17NSi2/c1-6(7-2)8(3,4)5/h7H2,1-5H3. The molecule has 0 spiro atoms. The van der Waals surface area contributed by atoms with Crippen LogP contribution in [-0.4, -0.2) is 29.2 Å². The summed E-state index contributed by atoms with van der Waals surface area (Å²) in [5, 5.41) is 0. The summed E-state index contributed by atoms with van der Waals surface area (Å²) in [5.41, 5.74) is 0. The van der Waals surface area contributed by atoms with Crippen LogP contribution in [0.3, 0.4) is 0 Å². The Bertz CT molecular complexity index is 67.3. The lowest BCUT2D eigenvalue weighted by molar-refractivity contribution is 0.804. The largest absolute Gasteiger partial charge is 0.353 e. The Morgan fingerprint density at radius 2 is 1.62 bits per heavy atom. The summed E-state index contributed by atoms with van der Waals surface area (Å²) in [6.07, 6.45) is 0. The van der Waals surface area contributed by atoms with Crippen molar-refractivity contribution in [3.8, 4) is 0 Å². The zero-order valence-electron chi connectivity index (χ0n) is 6.65. The van der Waals surface area contributed by atoms with Crippen molar-refractivity contribution < 1.29 is 0 Å². The maximum absolute atomic E-state index is 2.59. The van der Waals surface area contributed by atoms with E-state index in [1.807, 2.05) is 0 Å². The molecule has 0 radical (unpaired) electrons. The molecule has 0 aromatic heterocycles. The van der Waals surface area contributed by atoms with Gasteiger partial charge < -0.3 is 4.23 Å². The highest BCUT2D eigenvalue weighted by molar-refractivity contribution is 6.78. The fraction of sp³-hybridized carbons (Fsp3) is 1.00. The fourth-order valence-corrected chi connectivity index (χ4v) is 4.27. The highest BCUT2D eigenvalue weighted by Gasteiger charge is 2.16. The second-order valence-electron chi connectivity index (χ2n) is 3.18. The molecule has 1 nitrogen and oxygen atoms in total. The van der Waals surface area contributed by atoms with Crippen LogP contribution >= 0.6 is 0 Å². The molecular weight excluding hydrogens is 130 g/mol. The van der Waals surface area contributed by atoms with E-state index in [2.05, 4.69) is 37.5 Å². The molecular formula is C5H17NSi2. The summed E-state index contributed by atoms with van der Waals surface area (Å²) in [6.45, 7) is 9.52. The third kappa shape index (κ3) is 2.64. The molecule has 0 unspecified atom stereocenters. The van der Waals surface area contributed by atoms with E-state index in [1.165, 1.54) is 0 Å². The Balaban J connectivity index is 3.62. The van der Waals surface area contributed by atoms with Gasteiger partial charge in [0.2, 0.25) is 0 Å². The number of rotatable bonds is 2. The van der Waals surface area contributed by atoms with Crippen LogP contribution in [0.4, 0.5) is 0 Å². The van der Waals surface area contributed by atoms with Gasteiger partial charge in [0.05, 0.1) is 9.68 Å². The molecule has 8 heavy (non-hydrogen) atoms. The fourth-order valence-electron chi connectivity index (χ4n) is 0.474. The predicted octanol–water partition coefficient (Wildman–Crippen LogP) is 0.885. The van der Waals surface area contributed by atoms with Crippen molar-refractivity contribution in [2.24, 2.45) is 0 Å². The van der Waals surface area contributed by atoms with Crippen LogP contribution < -0.4 is 0 Å². The summed E-state index contributed by atoms with van der Waals surface area (Å²) >= 11 is 0. The first-order valence-corrected chi connectivity index (χ1v) is 8.69. The van der Waals surface area contributed by atoms with E-state index in [9.17, 15) is 0 Å². The van der Waals surface area contributed by atoms with Gasteiger partial charge in [0.15, 0.2) is 0 Å². The number of nitrogens with zero attached hydrogens (tertiary/aromatic N) is 1. The van der Waals surface area contributed by atoms with Crippen molar-refractivity contribution in [3.63, 3.8) is 0 Å². The zero-order valence-corrected chi connectivity index (χ0v) is 9.07. The minimum Gasteiger partial charge on any atom is -0.353 e. The minimum atomic E-state index is -0.866. The van der Waals surface area contributed by atoms with Gasteiger partial charge in [-0.05, 0) is 7.05 Å². The Kier molecular flexibility index (Phi) is 2.94. The van der Waals surface area contributed by atoms with Gasteiger partial charge in [-0.2, -0.15) is 0 Å². The molecule has 50 valence electrons. The molecule has 0 amide bonds. The van der Waals surface area contributed by atoms with E-state index in [-0.39, 0.29) is 9.68 Å². The van der Waals surface area contributed by atoms with E-state index < -0.39 is 8.24 Å². The van der Waals surface area contributed by atoms with Gasteiger partial charge in [-0.1, -0.05) is 26.2 Å². The Morgan fingerprint density at radius 1 is 1.25 bits per heavy atom. The maximum atomic E-state index is 2.59. The van der Waals surface area contributed by atoms with Crippen molar-refractivity contribution in [2.45, 2.75) is 26.2 Å². The highest BCUT2D eigenvalue weighted by atomic mass is 28.4. The van der Waals surface area contributed by atoms with Crippen LogP contribution in [-0.2, 0) is 0 Å². The molecule has 0 aromatic carbocycles. The second kappa shape index (κ2) is 2.80. The molecule has 0 saturated carbocycles. The number of hydrogen-bond acceptors (Lipinski definition) is 1. The summed E-state index contributed by atoms with van der Waals surface area (Å²) in [5.74, 6) is 0. The van der Waals surface area contributed by atoms with Gasteiger partial charge in [0.1, 0.15) is 8.24 Å². The third-order valence-electron chi connectivity index (χ3n) is 1.62. The summed E-state index contributed by atoms with van der Waals surface area (Å²) in [6, 6.07) is 0. The normalized spacial score (nSPS) is 14.2. The van der Waals surface area contributed by atoms with E-state index in [0.717, 1.165) is 0 Å². The zero-order chi connectivity index (χ0) is 6.78. The molecule has 0 saturated heterocycles. The van der Waals surface area contributed by atoms with Crippen molar-refractivity contribution in [3.05, 3.63) is 0 Å². The first-order chi connectivity index (χ1) is 3.48. The average Bonchev–Trinajstić information content (AvgIpc) is 1.62. The number of hydrogen-bond donors (Lipinski definition) is 0. The summed E-state index contributed by atoms with van der Waals surface area (Å²) < 4.78 is 2.59. The molecule has 0 heterocycles. The molecule has 0 aliphatic rings. The molecule has 0 bridgehead atoms. The molecule has 0 rings (SSSR count). The molecule has 3 heteroatoms. The van der Waals surface area contributed by atoms with Crippen molar-refractivity contribution in [2.75, 3.05) is 7.05 Å². The molecule has 0 aliphatic heterocycles. The van der Waals surface area contributed by atoms with Crippen LogP contribution in [0.25, 0.3) is 0 Å². The van der Waals surface area contributed by atoms with Crippen LogP contribution in [0.15, 0.2) is 0 Å². The Labute approximate surface area is 56.1 Å². The quantitative estimate of drug-likeness (QED) is 0.524. The van der Waals surface area contributed by atoms with Crippen LogP contribution in [0.5, 0.6) is 0 Å². The lowest BCUT2D eigenvalue weighted by Gasteiger charge is -2.28. The molecule has 0 aromatic rings. The van der Waals surface area contributed by atoms with E-state index in [0.29, 0.717) is 0 Å². The van der Waals surface area contributed by atoms with E-state index in [4.69, 9.17) is 0 Å². The van der Waals surface area contributed by atoms with Crippen molar-refractivity contribution in [1.82, 2.24) is 4.23 Å². The second-order valence-corrected chi connectivity index (χ2v) is 10.5. The SMILES string of the molecule is C[SiH2]N(C)[Si](C)(C)C. The predicted molar refractivity (Wildman–Crippen MR) is 45.5 cm³/mol. The molecule has 0 fully saturated rings. The van der Waals surface area contributed by atoms with Gasteiger partial charge in [-0.15, -0.1) is 0 Å². The minimum absolute atomic E-state index is 0.129. The van der Waals surface area contributed by atoms with Crippen LogP contribution in [0.2, 0.25) is 26.2 Å². The average molecular weight is 147 g/mol. The van der Waals surface area contributed by atoms with Crippen LogP contribution in [0.1, 0.15) is 0 Å². The van der Waals surface area contributed by atoms with Crippen molar-refractivity contribution >= 4 is 17.9 Å². The maximum Gasteiger partial charge on any atom is 0.111 e. The van der Waals surface area contributed by atoms with Crippen LogP contribution in [0, 0.1) is 0 Å². The third-order valence-corrected chi connectivity index (χ3v) is 8.65. The molecule has 0 aliphatic carbocycles. The van der Waals surface area contributed by atoms with E-state index in [1.54, 1.807) is 0 Å². The van der Waals surface area contributed by atoms with Crippen molar-refractivity contribution in [1.29, 1.82) is 0 Å². The smallest absolute Gasteiger partial charge is 0.111 e. The van der Waals surface area contributed by atoms with Gasteiger partial charge in [0.25, 0.3) is 0 Å². The first-order valence-electron chi connectivity index (χ1n) is 3.19. The Hall–Kier alpha value is 0.394. The van der Waals surface area contributed by atoms with Gasteiger partial charge >= 0.3 is 0 Å². The Morgan fingerprint density at radius 3 is 1.62 bits per heavy atom. The molecule has 0 N–H and O–H groups in total. The first kappa shape index (κ1) is 8.39. The van der Waals surface area contributed by atoms with Gasteiger partial charge in [-0.25, -0.2) is 0 Å². The van der Waals surface area contributed by atoms with Gasteiger partial charge in [0, 0.05) is 0 Å². The van der Waals surface area contributed by atoms with E-state index >= 15 is 0 Å². The molecule has 0 atom stereocenters. The summed E-state index contributed by atoms with van der Waals surface area (Å²) in [7, 11) is 1.53.